The fourth-order valence-corrected chi connectivity index (χ4v) is 4.24. The minimum Gasteiger partial charge on any atom is -0.367 e. The van der Waals surface area contributed by atoms with E-state index in [0.29, 0.717) is 16.7 Å². The highest BCUT2D eigenvalue weighted by Crippen LogP contribution is 2.28. The van der Waals surface area contributed by atoms with Crippen molar-refractivity contribution < 1.29 is 9.53 Å². The Labute approximate surface area is 211 Å². The first-order valence-corrected chi connectivity index (χ1v) is 12.2. The van der Waals surface area contributed by atoms with E-state index in [1.165, 1.54) is 0 Å². The zero-order valence-electron chi connectivity index (χ0n) is 18.9. The second kappa shape index (κ2) is 12.2. The Morgan fingerprint density at radius 3 is 1.94 bits per heavy atom. The van der Waals surface area contributed by atoms with Crippen LogP contribution in [0.2, 0.25) is 10.0 Å². The van der Waals surface area contributed by atoms with Crippen LogP contribution in [-0.2, 0) is 9.53 Å². The van der Waals surface area contributed by atoms with Crippen LogP contribution in [0, 0.1) is 0 Å². The van der Waals surface area contributed by atoms with E-state index in [-0.39, 0.29) is 12.0 Å². The number of carbonyl (C=O) groups is 1. The topological polar surface area (TPSA) is 32.8 Å². The van der Waals surface area contributed by atoms with Crippen molar-refractivity contribution in [1.82, 2.24) is 9.80 Å². The van der Waals surface area contributed by atoms with Gasteiger partial charge >= 0.3 is 0 Å². The molecule has 0 atom stereocenters. The van der Waals surface area contributed by atoms with Gasteiger partial charge in [0.1, 0.15) is 6.10 Å². The molecule has 6 heteroatoms. The summed E-state index contributed by atoms with van der Waals surface area (Å²) in [5.41, 5.74) is 3.13. The van der Waals surface area contributed by atoms with E-state index >= 15 is 0 Å². The number of piperazine rings is 1. The Bertz CT molecular complexity index is 1030. The van der Waals surface area contributed by atoms with E-state index < -0.39 is 0 Å². The van der Waals surface area contributed by atoms with E-state index in [2.05, 4.69) is 4.90 Å². The number of benzene rings is 3. The van der Waals surface area contributed by atoms with Gasteiger partial charge in [0.15, 0.2) is 0 Å². The van der Waals surface area contributed by atoms with Gasteiger partial charge in [-0.3, -0.25) is 9.69 Å². The van der Waals surface area contributed by atoms with Crippen molar-refractivity contribution in [1.29, 1.82) is 0 Å². The summed E-state index contributed by atoms with van der Waals surface area (Å²) in [5.74, 6) is 0.0605. The first-order chi connectivity index (χ1) is 16.6. The lowest BCUT2D eigenvalue weighted by Crippen LogP contribution is -2.49. The Morgan fingerprint density at radius 2 is 1.38 bits per heavy atom. The number of hydrogen-bond acceptors (Lipinski definition) is 3. The summed E-state index contributed by atoms with van der Waals surface area (Å²) in [7, 11) is 0. The minimum absolute atomic E-state index is 0.0605. The summed E-state index contributed by atoms with van der Waals surface area (Å²) in [6.45, 7) is 4.49. The molecule has 34 heavy (non-hydrogen) atoms. The highest BCUT2D eigenvalue weighted by atomic mass is 35.5. The summed E-state index contributed by atoms with van der Waals surface area (Å²) >= 11 is 12.2. The number of nitrogens with zero attached hydrogens (tertiary/aromatic N) is 2. The van der Waals surface area contributed by atoms with Crippen LogP contribution in [0.1, 0.15) is 22.8 Å². The van der Waals surface area contributed by atoms with E-state index in [1.807, 2.05) is 89.8 Å². The van der Waals surface area contributed by atoms with Crippen molar-refractivity contribution in [2.75, 3.05) is 39.3 Å². The number of hydrogen-bond donors (Lipinski definition) is 0. The second-order valence-electron chi connectivity index (χ2n) is 8.26. The van der Waals surface area contributed by atoms with Gasteiger partial charge in [-0.1, -0.05) is 77.8 Å². The zero-order valence-corrected chi connectivity index (χ0v) is 20.5. The third-order valence-electron chi connectivity index (χ3n) is 5.94. The van der Waals surface area contributed by atoms with Crippen LogP contribution >= 0.6 is 23.2 Å². The van der Waals surface area contributed by atoms with Crippen LogP contribution in [0.4, 0.5) is 0 Å². The van der Waals surface area contributed by atoms with Gasteiger partial charge < -0.3 is 9.64 Å². The van der Waals surface area contributed by atoms with Crippen LogP contribution in [-0.4, -0.2) is 55.0 Å². The van der Waals surface area contributed by atoms with Crippen molar-refractivity contribution >= 4 is 35.2 Å². The molecule has 0 aromatic heterocycles. The predicted octanol–water partition coefficient (Wildman–Crippen LogP) is 5.96. The van der Waals surface area contributed by atoms with E-state index in [1.54, 1.807) is 6.08 Å². The molecule has 1 amide bonds. The first kappa shape index (κ1) is 24.5. The van der Waals surface area contributed by atoms with Gasteiger partial charge in [0.05, 0.1) is 6.61 Å². The predicted molar refractivity (Wildman–Crippen MR) is 139 cm³/mol. The van der Waals surface area contributed by atoms with Crippen molar-refractivity contribution in [2.24, 2.45) is 0 Å². The Morgan fingerprint density at radius 1 is 0.824 bits per heavy atom. The monoisotopic (exact) mass is 494 g/mol. The lowest BCUT2D eigenvalue weighted by molar-refractivity contribution is -0.127. The van der Waals surface area contributed by atoms with E-state index in [4.69, 9.17) is 27.9 Å². The molecule has 1 fully saturated rings. The smallest absolute Gasteiger partial charge is 0.246 e. The van der Waals surface area contributed by atoms with Gasteiger partial charge in [-0.15, -0.1) is 0 Å². The molecule has 4 rings (SSSR count). The SMILES string of the molecule is O=C(/C=C/c1ccccc1)N1CCN(CCOC(c2ccc(Cl)cc2)c2ccc(Cl)cc2)CC1. The highest BCUT2D eigenvalue weighted by molar-refractivity contribution is 6.30. The number of carbonyl (C=O) groups excluding carboxylic acids is 1. The van der Waals surface area contributed by atoms with Crippen LogP contribution < -0.4 is 0 Å². The average molecular weight is 495 g/mol. The second-order valence-corrected chi connectivity index (χ2v) is 9.14. The standard InChI is InChI=1S/C28H28Cl2N2O2/c29-25-11-7-23(8-12-25)28(24-9-13-26(30)14-10-24)34-21-20-31-16-18-32(19-17-31)27(33)15-6-22-4-2-1-3-5-22/h1-15,28H,16-21H2/b15-6+. The summed E-state index contributed by atoms with van der Waals surface area (Å²) < 4.78 is 6.34. The molecule has 1 aliphatic heterocycles. The molecule has 0 N–H and O–H groups in total. The van der Waals surface area contributed by atoms with Gasteiger partial charge in [0.2, 0.25) is 5.91 Å². The fourth-order valence-electron chi connectivity index (χ4n) is 3.99. The molecular formula is C28H28Cl2N2O2. The van der Waals surface area contributed by atoms with Gasteiger partial charge in [-0.2, -0.15) is 0 Å². The van der Waals surface area contributed by atoms with Gasteiger partial charge in [-0.25, -0.2) is 0 Å². The quantitative estimate of drug-likeness (QED) is 0.362. The summed E-state index contributed by atoms with van der Waals surface area (Å²) in [6, 6.07) is 25.4. The molecule has 0 spiro atoms. The number of ether oxygens (including phenoxy) is 1. The molecule has 3 aromatic rings. The van der Waals surface area contributed by atoms with Crippen LogP contribution in [0.5, 0.6) is 0 Å². The molecule has 4 nitrogen and oxygen atoms in total. The van der Waals surface area contributed by atoms with E-state index in [0.717, 1.165) is 49.4 Å². The first-order valence-electron chi connectivity index (χ1n) is 11.5. The molecule has 0 saturated carbocycles. The molecule has 1 heterocycles. The maximum Gasteiger partial charge on any atom is 0.246 e. The summed E-state index contributed by atoms with van der Waals surface area (Å²) in [6.07, 6.45) is 3.34. The van der Waals surface area contributed by atoms with Crippen LogP contribution in [0.25, 0.3) is 6.08 Å². The van der Waals surface area contributed by atoms with Gasteiger partial charge in [0.25, 0.3) is 0 Å². The Hall–Kier alpha value is -2.63. The van der Waals surface area contributed by atoms with Gasteiger partial charge in [0, 0.05) is 48.8 Å². The normalized spacial score (nSPS) is 14.7. The van der Waals surface area contributed by atoms with Gasteiger partial charge in [-0.05, 0) is 47.0 Å². The Balaban J connectivity index is 1.28. The third-order valence-corrected chi connectivity index (χ3v) is 6.44. The van der Waals surface area contributed by atoms with Crippen LogP contribution in [0.3, 0.4) is 0 Å². The zero-order chi connectivity index (χ0) is 23.8. The number of rotatable bonds is 8. The molecule has 0 unspecified atom stereocenters. The molecule has 1 aliphatic rings. The lowest BCUT2D eigenvalue weighted by Gasteiger charge is -2.34. The minimum atomic E-state index is -0.194. The largest absolute Gasteiger partial charge is 0.367 e. The average Bonchev–Trinajstić information content (AvgIpc) is 2.88. The number of halogens is 2. The molecule has 0 aliphatic carbocycles. The molecule has 0 radical (unpaired) electrons. The molecule has 3 aromatic carbocycles. The van der Waals surface area contributed by atoms with Crippen LogP contribution in [0.15, 0.2) is 84.9 Å². The van der Waals surface area contributed by atoms with Crippen molar-refractivity contribution in [3.05, 3.63) is 112 Å². The molecule has 1 saturated heterocycles. The molecular weight excluding hydrogens is 467 g/mol. The van der Waals surface area contributed by atoms with Crippen molar-refractivity contribution in [3.8, 4) is 0 Å². The van der Waals surface area contributed by atoms with Crippen molar-refractivity contribution in [2.45, 2.75) is 6.10 Å². The summed E-state index contributed by atoms with van der Waals surface area (Å²) in [5, 5.41) is 1.40. The maximum atomic E-state index is 12.5. The third kappa shape index (κ3) is 6.94. The van der Waals surface area contributed by atoms with Crippen molar-refractivity contribution in [3.63, 3.8) is 0 Å². The Kier molecular flexibility index (Phi) is 8.78. The lowest BCUT2D eigenvalue weighted by atomic mass is 10.0. The highest BCUT2D eigenvalue weighted by Gasteiger charge is 2.20. The molecule has 176 valence electrons. The molecule has 0 bridgehead atoms. The number of amides is 1. The van der Waals surface area contributed by atoms with E-state index in [9.17, 15) is 4.79 Å². The summed E-state index contributed by atoms with van der Waals surface area (Å²) in [4.78, 5) is 16.8. The maximum absolute atomic E-state index is 12.5. The fraction of sp³-hybridized carbons (Fsp3) is 0.250.